The van der Waals surface area contributed by atoms with Crippen molar-refractivity contribution in [3.8, 4) is 10.6 Å². The SMILES string of the molecule is CC1CCN(C(=O)COC(=O)c2cnc(-c3ccncc3)s2)CC1. The molecule has 1 aliphatic heterocycles. The van der Waals surface area contributed by atoms with E-state index in [1.165, 1.54) is 17.5 Å². The van der Waals surface area contributed by atoms with Crippen LogP contribution in [0.4, 0.5) is 0 Å². The van der Waals surface area contributed by atoms with Crippen molar-refractivity contribution in [2.45, 2.75) is 19.8 Å². The molecule has 2 aromatic rings. The van der Waals surface area contributed by atoms with Crippen LogP contribution in [0.1, 0.15) is 29.4 Å². The summed E-state index contributed by atoms with van der Waals surface area (Å²) in [6.07, 6.45) is 6.84. The van der Waals surface area contributed by atoms with E-state index in [2.05, 4.69) is 16.9 Å². The van der Waals surface area contributed by atoms with Gasteiger partial charge < -0.3 is 9.64 Å². The number of hydrogen-bond acceptors (Lipinski definition) is 6. The summed E-state index contributed by atoms with van der Waals surface area (Å²) in [4.78, 5) is 34.5. The maximum absolute atomic E-state index is 12.1. The number of hydrogen-bond donors (Lipinski definition) is 0. The Morgan fingerprint density at radius 3 is 2.71 bits per heavy atom. The van der Waals surface area contributed by atoms with Gasteiger partial charge in [-0.25, -0.2) is 9.78 Å². The van der Waals surface area contributed by atoms with Gasteiger partial charge in [-0.05, 0) is 30.9 Å². The highest BCUT2D eigenvalue weighted by Crippen LogP contribution is 2.25. The molecule has 24 heavy (non-hydrogen) atoms. The van der Waals surface area contributed by atoms with Crippen LogP contribution in [0.3, 0.4) is 0 Å². The summed E-state index contributed by atoms with van der Waals surface area (Å²) < 4.78 is 5.15. The summed E-state index contributed by atoms with van der Waals surface area (Å²) in [5, 5.41) is 0.723. The van der Waals surface area contributed by atoms with Crippen LogP contribution in [0.2, 0.25) is 0 Å². The molecule has 3 heterocycles. The summed E-state index contributed by atoms with van der Waals surface area (Å²) in [5.74, 6) is 0.0149. The number of likely N-dealkylation sites (tertiary alicyclic amines) is 1. The van der Waals surface area contributed by atoms with E-state index in [4.69, 9.17) is 4.74 Å². The zero-order chi connectivity index (χ0) is 16.9. The predicted octanol–water partition coefficient (Wildman–Crippen LogP) is 2.62. The van der Waals surface area contributed by atoms with Crippen molar-refractivity contribution >= 4 is 23.2 Å². The first kappa shape index (κ1) is 16.6. The second-order valence-corrected chi connectivity index (χ2v) is 6.94. The first-order chi connectivity index (χ1) is 11.6. The fourth-order valence-corrected chi connectivity index (χ4v) is 3.36. The molecule has 6 nitrogen and oxygen atoms in total. The minimum absolute atomic E-state index is 0.130. The molecular formula is C17H19N3O3S. The third-order valence-electron chi connectivity index (χ3n) is 4.10. The summed E-state index contributed by atoms with van der Waals surface area (Å²) in [6.45, 7) is 3.45. The van der Waals surface area contributed by atoms with Gasteiger partial charge in [-0.1, -0.05) is 6.92 Å². The lowest BCUT2D eigenvalue weighted by atomic mass is 9.99. The van der Waals surface area contributed by atoms with E-state index in [1.54, 1.807) is 17.3 Å². The molecule has 0 bridgehead atoms. The van der Waals surface area contributed by atoms with Crippen LogP contribution in [0.5, 0.6) is 0 Å². The molecule has 0 unspecified atom stereocenters. The average molecular weight is 345 g/mol. The van der Waals surface area contributed by atoms with Crippen molar-refractivity contribution in [1.82, 2.24) is 14.9 Å². The van der Waals surface area contributed by atoms with Crippen molar-refractivity contribution in [1.29, 1.82) is 0 Å². The topological polar surface area (TPSA) is 72.4 Å². The number of aromatic nitrogens is 2. The number of ether oxygens (including phenoxy) is 1. The minimum Gasteiger partial charge on any atom is -0.451 e. The van der Waals surface area contributed by atoms with E-state index >= 15 is 0 Å². The third kappa shape index (κ3) is 3.97. The second kappa shape index (κ2) is 7.53. The molecule has 3 rings (SSSR count). The van der Waals surface area contributed by atoms with E-state index in [0.29, 0.717) is 10.8 Å². The zero-order valence-electron chi connectivity index (χ0n) is 13.5. The molecule has 1 saturated heterocycles. The molecule has 0 aromatic carbocycles. The normalized spacial score (nSPS) is 15.3. The van der Waals surface area contributed by atoms with E-state index in [-0.39, 0.29) is 12.5 Å². The molecule has 0 saturated carbocycles. The number of amides is 1. The predicted molar refractivity (Wildman–Crippen MR) is 90.6 cm³/mol. The number of carbonyl (C=O) groups is 2. The van der Waals surface area contributed by atoms with Gasteiger partial charge in [0.1, 0.15) is 9.88 Å². The highest BCUT2D eigenvalue weighted by molar-refractivity contribution is 7.16. The largest absolute Gasteiger partial charge is 0.451 e. The number of piperidine rings is 1. The van der Waals surface area contributed by atoms with Crippen LogP contribution in [0.25, 0.3) is 10.6 Å². The van der Waals surface area contributed by atoms with Crippen molar-refractivity contribution in [2.24, 2.45) is 5.92 Å². The summed E-state index contributed by atoms with van der Waals surface area (Å²) >= 11 is 1.24. The molecule has 7 heteroatoms. The van der Waals surface area contributed by atoms with Gasteiger partial charge in [-0.15, -0.1) is 11.3 Å². The number of carbonyl (C=O) groups excluding carboxylic acids is 2. The Morgan fingerprint density at radius 1 is 1.29 bits per heavy atom. The average Bonchev–Trinajstić information content (AvgIpc) is 3.11. The van der Waals surface area contributed by atoms with Crippen LogP contribution in [0.15, 0.2) is 30.7 Å². The molecule has 0 radical (unpaired) electrons. The quantitative estimate of drug-likeness (QED) is 0.797. The van der Waals surface area contributed by atoms with Crippen LogP contribution in [0, 0.1) is 5.92 Å². The van der Waals surface area contributed by atoms with Gasteiger partial charge in [0.2, 0.25) is 0 Å². The van der Waals surface area contributed by atoms with E-state index in [0.717, 1.165) is 36.5 Å². The van der Waals surface area contributed by atoms with Crippen LogP contribution >= 0.6 is 11.3 Å². The molecule has 126 valence electrons. The highest BCUT2D eigenvalue weighted by atomic mass is 32.1. The Morgan fingerprint density at radius 2 is 2.00 bits per heavy atom. The van der Waals surface area contributed by atoms with Gasteiger partial charge in [0, 0.05) is 31.0 Å². The van der Waals surface area contributed by atoms with Crippen LogP contribution < -0.4 is 0 Å². The Hall–Kier alpha value is -2.28. The fraction of sp³-hybridized carbons (Fsp3) is 0.412. The Kier molecular flexibility index (Phi) is 5.20. The van der Waals surface area contributed by atoms with E-state index in [1.807, 2.05) is 12.1 Å². The van der Waals surface area contributed by atoms with Gasteiger partial charge in [0.05, 0.1) is 6.20 Å². The first-order valence-corrected chi connectivity index (χ1v) is 8.76. The Labute approximate surface area is 144 Å². The summed E-state index contributed by atoms with van der Waals surface area (Å²) in [5.41, 5.74) is 0.896. The van der Waals surface area contributed by atoms with Crippen molar-refractivity contribution in [3.63, 3.8) is 0 Å². The highest BCUT2D eigenvalue weighted by Gasteiger charge is 2.22. The summed E-state index contributed by atoms with van der Waals surface area (Å²) in [7, 11) is 0. The van der Waals surface area contributed by atoms with Crippen LogP contribution in [-0.4, -0.2) is 46.4 Å². The van der Waals surface area contributed by atoms with Gasteiger partial charge in [0.25, 0.3) is 5.91 Å². The summed E-state index contributed by atoms with van der Waals surface area (Å²) in [6, 6.07) is 3.66. The van der Waals surface area contributed by atoms with Gasteiger partial charge >= 0.3 is 5.97 Å². The molecule has 0 spiro atoms. The molecule has 0 N–H and O–H groups in total. The molecule has 1 aliphatic rings. The molecular weight excluding hydrogens is 326 g/mol. The second-order valence-electron chi connectivity index (χ2n) is 5.90. The Bertz CT molecular complexity index is 709. The number of thiazole rings is 1. The monoisotopic (exact) mass is 345 g/mol. The lowest BCUT2D eigenvalue weighted by Crippen LogP contribution is -2.40. The van der Waals surface area contributed by atoms with Crippen LogP contribution in [-0.2, 0) is 9.53 Å². The number of esters is 1. The van der Waals surface area contributed by atoms with Gasteiger partial charge in [0.15, 0.2) is 6.61 Å². The lowest BCUT2D eigenvalue weighted by molar-refractivity contribution is -0.135. The van der Waals surface area contributed by atoms with Crippen molar-refractivity contribution in [3.05, 3.63) is 35.6 Å². The van der Waals surface area contributed by atoms with Crippen molar-refractivity contribution in [2.75, 3.05) is 19.7 Å². The lowest BCUT2D eigenvalue weighted by Gasteiger charge is -2.30. The minimum atomic E-state index is -0.508. The maximum Gasteiger partial charge on any atom is 0.350 e. The molecule has 1 amide bonds. The number of rotatable bonds is 4. The first-order valence-electron chi connectivity index (χ1n) is 7.94. The molecule has 2 aromatic heterocycles. The maximum atomic E-state index is 12.1. The van der Waals surface area contributed by atoms with Gasteiger partial charge in [-0.3, -0.25) is 9.78 Å². The Balaban J connectivity index is 1.54. The fourth-order valence-electron chi connectivity index (χ4n) is 2.54. The van der Waals surface area contributed by atoms with Gasteiger partial charge in [-0.2, -0.15) is 0 Å². The number of pyridine rings is 1. The molecule has 0 atom stereocenters. The molecule has 1 fully saturated rings. The van der Waals surface area contributed by atoms with E-state index in [9.17, 15) is 9.59 Å². The van der Waals surface area contributed by atoms with E-state index < -0.39 is 5.97 Å². The standard InChI is InChI=1S/C17H19N3O3S/c1-12-4-8-20(9-5-12)15(21)11-23-17(22)14-10-19-16(24-14)13-2-6-18-7-3-13/h2-3,6-7,10,12H,4-5,8-9,11H2,1H3. The number of nitrogens with zero attached hydrogens (tertiary/aromatic N) is 3. The smallest absolute Gasteiger partial charge is 0.350 e. The third-order valence-corrected chi connectivity index (χ3v) is 5.12. The molecule has 0 aliphatic carbocycles. The zero-order valence-corrected chi connectivity index (χ0v) is 14.3. The van der Waals surface area contributed by atoms with Crippen molar-refractivity contribution < 1.29 is 14.3 Å².